The van der Waals surface area contributed by atoms with Crippen molar-refractivity contribution < 1.29 is 9.53 Å². The number of H-pyrrole nitrogens is 1. The minimum Gasteiger partial charge on any atom is -0.493 e. The number of carbonyl (C=O) groups is 1. The quantitative estimate of drug-likeness (QED) is 0.339. The molecule has 0 fully saturated rings. The van der Waals surface area contributed by atoms with E-state index in [-0.39, 0.29) is 5.91 Å². The molecule has 0 bridgehead atoms. The maximum atomic E-state index is 13.5. The third kappa shape index (κ3) is 4.26. The van der Waals surface area contributed by atoms with Crippen LogP contribution in [0.4, 0.5) is 0 Å². The summed E-state index contributed by atoms with van der Waals surface area (Å²) >= 11 is 0. The molecule has 0 spiro atoms. The van der Waals surface area contributed by atoms with Gasteiger partial charge >= 0.3 is 0 Å². The Kier molecular flexibility index (Phi) is 6.03. The van der Waals surface area contributed by atoms with Gasteiger partial charge in [0.15, 0.2) is 5.65 Å². The fourth-order valence-corrected chi connectivity index (χ4v) is 3.99. The number of nitrogens with zero attached hydrogens (tertiary/aromatic N) is 2. The first-order chi connectivity index (χ1) is 16.7. The Labute approximate surface area is 197 Å². The average Bonchev–Trinajstić information content (AvgIpc) is 3.32. The molecule has 0 radical (unpaired) electrons. The van der Waals surface area contributed by atoms with Crippen molar-refractivity contribution in [1.29, 1.82) is 0 Å². The summed E-state index contributed by atoms with van der Waals surface area (Å²) in [5, 5.41) is 11.3. The molecule has 2 aromatic heterocycles. The number of carbonyl (C=O) groups excluding carboxylic acids is 1. The number of hydrogen-bond donors (Lipinski definition) is 2. The van der Waals surface area contributed by atoms with Gasteiger partial charge < -0.3 is 10.1 Å². The van der Waals surface area contributed by atoms with Gasteiger partial charge in [-0.05, 0) is 30.7 Å². The smallest absolute Gasteiger partial charge is 0.252 e. The average molecular weight is 449 g/mol. The van der Waals surface area contributed by atoms with Crippen molar-refractivity contribution in [3.05, 3.63) is 102 Å². The van der Waals surface area contributed by atoms with Crippen LogP contribution in [0.15, 0.2) is 91.0 Å². The normalized spacial score (nSPS) is 10.9. The molecule has 5 rings (SSSR count). The molecule has 0 aliphatic carbocycles. The molecule has 2 N–H and O–H groups in total. The molecule has 0 saturated carbocycles. The van der Waals surface area contributed by atoms with Crippen LogP contribution in [0.1, 0.15) is 22.8 Å². The number of nitrogens with one attached hydrogen (secondary N) is 2. The van der Waals surface area contributed by atoms with E-state index >= 15 is 0 Å². The van der Waals surface area contributed by atoms with E-state index in [0.717, 1.165) is 22.4 Å². The van der Waals surface area contributed by atoms with Crippen LogP contribution in [0.25, 0.3) is 33.5 Å². The van der Waals surface area contributed by atoms with Crippen LogP contribution >= 0.6 is 0 Å². The van der Waals surface area contributed by atoms with E-state index in [0.29, 0.717) is 41.2 Å². The van der Waals surface area contributed by atoms with E-state index in [1.54, 1.807) is 0 Å². The Bertz CT molecular complexity index is 1430. The highest BCUT2D eigenvalue weighted by Crippen LogP contribution is 2.34. The molecule has 5 aromatic rings. The second-order valence-corrected chi connectivity index (χ2v) is 7.82. The Morgan fingerprint density at radius 1 is 0.941 bits per heavy atom. The largest absolute Gasteiger partial charge is 0.493 e. The van der Waals surface area contributed by atoms with E-state index in [2.05, 4.69) is 15.5 Å². The summed E-state index contributed by atoms with van der Waals surface area (Å²) in [4.78, 5) is 18.3. The van der Waals surface area contributed by atoms with Gasteiger partial charge in [0.25, 0.3) is 5.91 Å². The first-order valence-corrected chi connectivity index (χ1v) is 11.2. The molecule has 6 heteroatoms. The number of amides is 1. The van der Waals surface area contributed by atoms with Gasteiger partial charge in [-0.3, -0.25) is 9.89 Å². The zero-order chi connectivity index (χ0) is 23.3. The summed E-state index contributed by atoms with van der Waals surface area (Å²) in [6, 6.07) is 29.2. The highest BCUT2D eigenvalue weighted by molar-refractivity contribution is 6.11. The van der Waals surface area contributed by atoms with Gasteiger partial charge in [0, 0.05) is 17.7 Å². The van der Waals surface area contributed by atoms with Crippen molar-refractivity contribution in [2.75, 3.05) is 6.61 Å². The Morgan fingerprint density at radius 3 is 2.41 bits per heavy atom. The lowest BCUT2D eigenvalue weighted by atomic mass is 10.0. The van der Waals surface area contributed by atoms with Crippen molar-refractivity contribution in [3.63, 3.8) is 0 Å². The van der Waals surface area contributed by atoms with Gasteiger partial charge in [0.05, 0.1) is 28.9 Å². The summed E-state index contributed by atoms with van der Waals surface area (Å²) in [6.07, 6.45) is 0. The summed E-state index contributed by atoms with van der Waals surface area (Å²) in [5.41, 5.74) is 5.16. The van der Waals surface area contributed by atoms with Crippen LogP contribution < -0.4 is 10.1 Å². The number of pyridine rings is 1. The van der Waals surface area contributed by atoms with Crippen LogP contribution in [0.5, 0.6) is 5.75 Å². The summed E-state index contributed by atoms with van der Waals surface area (Å²) in [6.45, 7) is 2.90. The Hall–Kier alpha value is -4.45. The van der Waals surface area contributed by atoms with E-state index in [1.807, 2.05) is 97.9 Å². The molecule has 34 heavy (non-hydrogen) atoms. The standard InChI is InChI=1S/C28H24N4O2/c1-2-34-24-16-10-9-15-21(24)23-17-22(28(33)29-18-19-11-5-3-6-12-19)25-26(31-32-27(25)30-23)20-13-7-4-8-14-20/h3-17H,2,18H2,1H3,(H,29,33)(H,30,31,32). The predicted octanol–water partition coefficient (Wildman–Crippen LogP) is 5.62. The van der Waals surface area contributed by atoms with Crippen molar-refractivity contribution in [2.24, 2.45) is 0 Å². The Balaban J connectivity index is 1.64. The van der Waals surface area contributed by atoms with E-state index in [4.69, 9.17) is 9.72 Å². The van der Waals surface area contributed by atoms with Crippen LogP contribution in [-0.2, 0) is 6.54 Å². The van der Waals surface area contributed by atoms with Gasteiger partial charge in [-0.2, -0.15) is 5.10 Å². The summed E-state index contributed by atoms with van der Waals surface area (Å²) in [7, 11) is 0. The molecule has 1 amide bonds. The number of hydrogen-bond acceptors (Lipinski definition) is 4. The number of benzene rings is 3. The molecular weight excluding hydrogens is 424 g/mol. The second kappa shape index (κ2) is 9.58. The number of ether oxygens (including phenoxy) is 1. The van der Waals surface area contributed by atoms with Crippen molar-refractivity contribution in [1.82, 2.24) is 20.5 Å². The lowest BCUT2D eigenvalue weighted by molar-refractivity contribution is 0.0952. The third-order valence-electron chi connectivity index (χ3n) is 5.59. The second-order valence-electron chi connectivity index (χ2n) is 7.82. The van der Waals surface area contributed by atoms with Gasteiger partial charge in [-0.1, -0.05) is 72.8 Å². The van der Waals surface area contributed by atoms with E-state index in [1.165, 1.54) is 0 Å². The molecule has 0 unspecified atom stereocenters. The topological polar surface area (TPSA) is 79.9 Å². The monoisotopic (exact) mass is 448 g/mol. The molecule has 0 aliphatic heterocycles. The number of fused-ring (bicyclic) bond motifs is 1. The van der Waals surface area contributed by atoms with Gasteiger partial charge in [-0.15, -0.1) is 0 Å². The van der Waals surface area contributed by atoms with Gasteiger partial charge in [-0.25, -0.2) is 4.98 Å². The molecule has 2 heterocycles. The SMILES string of the molecule is CCOc1ccccc1-c1cc(C(=O)NCc2ccccc2)c2c(-c3ccccc3)[nH]nc2n1. The molecule has 0 saturated heterocycles. The van der Waals surface area contributed by atoms with Crippen LogP contribution in [0.3, 0.4) is 0 Å². The molecule has 0 aliphatic rings. The minimum absolute atomic E-state index is 0.190. The van der Waals surface area contributed by atoms with Crippen molar-refractivity contribution >= 4 is 16.9 Å². The molecule has 6 nitrogen and oxygen atoms in total. The van der Waals surface area contributed by atoms with Gasteiger partial charge in [0.2, 0.25) is 0 Å². The maximum Gasteiger partial charge on any atom is 0.252 e. The van der Waals surface area contributed by atoms with Crippen molar-refractivity contribution in [3.8, 4) is 28.3 Å². The highest BCUT2D eigenvalue weighted by atomic mass is 16.5. The van der Waals surface area contributed by atoms with Crippen molar-refractivity contribution in [2.45, 2.75) is 13.5 Å². The fourth-order valence-electron chi connectivity index (χ4n) is 3.99. The zero-order valence-electron chi connectivity index (χ0n) is 18.8. The maximum absolute atomic E-state index is 13.5. The highest BCUT2D eigenvalue weighted by Gasteiger charge is 2.21. The summed E-state index contributed by atoms with van der Waals surface area (Å²) < 4.78 is 5.81. The number of para-hydroxylation sites is 1. The lowest BCUT2D eigenvalue weighted by Crippen LogP contribution is -2.23. The minimum atomic E-state index is -0.190. The fraction of sp³-hybridized carbons (Fsp3) is 0.107. The molecule has 3 aromatic carbocycles. The number of aromatic nitrogens is 3. The first-order valence-electron chi connectivity index (χ1n) is 11.2. The predicted molar refractivity (Wildman–Crippen MR) is 134 cm³/mol. The first kappa shape index (κ1) is 21.4. The molecule has 0 atom stereocenters. The number of rotatable bonds is 7. The molecular formula is C28H24N4O2. The Morgan fingerprint density at radius 2 is 1.65 bits per heavy atom. The number of aromatic amines is 1. The van der Waals surface area contributed by atoms with E-state index in [9.17, 15) is 4.79 Å². The third-order valence-corrected chi connectivity index (χ3v) is 5.59. The lowest BCUT2D eigenvalue weighted by Gasteiger charge is -2.12. The van der Waals surface area contributed by atoms with Gasteiger partial charge in [0.1, 0.15) is 5.75 Å². The molecule has 168 valence electrons. The summed E-state index contributed by atoms with van der Waals surface area (Å²) in [5.74, 6) is 0.524. The van der Waals surface area contributed by atoms with Crippen LogP contribution in [0.2, 0.25) is 0 Å². The van der Waals surface area contributed by atoms with E-state index < -0.39 is 0 Å². The van der Waals surface area contributed by atoms with Crippen LogP contribution in [-0.4, -0.2) is 27.7 Å². The zero-order valence-corrected chi connectivity index (χ0v) is 18.8. The van der Waals surface area contributed by atoms with Crippen LogP contribution in [0, 0.1) is 0 Å².